The Kier molecular flexibility index (Phi) is 3.80. The highest BCUT2D eigenvalue weighted by Gasteiger charge is 2.03. The molecule has 2 rings (SSSR count). The van der Waals surface area contributed by atoms with Crippen molar-refractivity contribution in [2.75, 3.05) is 0 Å². The maximum atomic E-state index is 12.9. The van der Waals surface area contributed by atoms with E-state index in [1.165, 1.54) is 42.5 Å². The topological polar surface area (TPSA) is 17.1 Å². The predicted molar refractivity (Wildman–Crippen MR) is 66.1 cm³/mol. The minimum Gasteiger partial charge on any atom is -0.289 e. The van der Waals surface area contributed by atoms with E-state index in [0.29, 0.717) is 11.1 Å². The van der Waals surface area contributed by atoms with Crippen molar-refractivity contribution in [3.05, 3.63) is 77.1 Å². The van der Waals surface area contributed by atoms with Crippen molar-refractivity contribution in [1.82, 2.24) is 0 Å². The van der Waals surface area contributed by atoms with Gasteiger partial charge in [-0.3, -0.25) is 4.79 Å². The van der Waals surface area contributed by atoms with Gasteiger partial charge in [-0.15, -0.1) is 0 Å². The Hall–Kier alpha value is -2.36. The molecular formula is C15H9F3O. The van der Waals surface area contributed by atoms with Gasteiger partial charge in [-0.2, -0.15) is 0 Å². The highest BCUT2D eigenvalue weighted by atomic mass is 19.2. The van der Waals surface area contributed by atoms with Gasteiger partial charge in [-0.1, -0.05) is 12.1 Å². The molecule has 0 saturated heterocycles. The molecule has 0 aromatic heterocycles. The second-order valence-electron chi connectivity index (χ2n) is 3.88. The largest absolute Gasteiger partial charge is 0.289 e. The Morgan fingerprint density at radius 3 is 2.21 bits per heavy atom. The fourth-order valence-corrected chi connectivity index (χ4v) is 1.50. The maximum Gasteiger partial charge on any atom is 0.185 e. The van der Waals surface area contributed by atoms with E-state index in [1.807, 2.05) is 0 Å². The summed E-state index contributed by atoms with van der Waals surface area (Å²) < 4.78 is 38.3. The highest BCUT2D eigenvalue weighted by molar-refractivity contribution is 6.06. The zero-order valence-corrected chi connectivity index (χ0v) is 9.74. The van der Waals surface area contributed by atoms with E-state index in [4.69, 9.17) is 0 Å². The lowest BCUT2D eigenvalue weighted by Gasteiger charge is -1.97. The molecule has 2 aromatic rings. The SMILES string of the molecule is O=C(/C=C/c1ccc(F)c(F)c1)c1ccc(F)cc1. The molecule has 0 bridgehead atoms. The molecule has 96 valence electrons. The molecule has 0 spiro atoms. The fraction of sp³-hybridized carbons (Fsp3) is 0. The van der Waals surface area contributed by atoms with Gasteiger partial charge in [0.05, 0.1) is 0 Å². The standard InChI is InChI=1S/C15H9F3O/c16-12-5-3-11(4-6-12)15(19)8-2-10-1-7-13(17)14(18)9-10/h1-9H/b8-2+. The lowest BCUT2D eigenvalue weighted by molar-refractivity contribution is 0.104. The summed E-state index contributed by atoms with van der Waals surface area (Å²) in [4.78, 5) is 11.7. The van der Waals surface area contributed by atoms with Crippen LogP contribution in [0.2, 0.25) is 0 Å². The van der Waals surface area contributed by atoms with Crippen molar-refractivity contribution in [1.29, 1.82) is 0 Å². The quantitative estimate of drug-likeness (QED) is 0.603. The molecular weight excluding hydrogens is 253 g/mol. The van der Waals surface area contributed by atoms with Gasteiger partial charge < -0.3 is 0 Å². The van der Waals surface area contributed by atoms with Crippen molar-refractivity contribution in [2.24, 2.45) is 0 Å². The summed E-state index contributed by atoms with van der Waals surface area (Å²) in [5.74, 6) is -2.69. The van der Waals surface area contributed by atoms with Crippen molar-refractivity contribution >= 4 is 11.9 Å². The smallest absolute Gasteiger partial charge is 0.185 e. The Morgan fingerprint density at radius 2 is 1.58 bits per heavy atom. The number of rotatable bonds is 3. The van der Waals surface area contributed by atoms with Crippen LogP contribution in [0.5, 0.6) is 0 Å². The third kappa shape index (κ3) is 3.31. The fourth-order valence-electron chi connectivity index (χ4n) is 1.50. The van der Waals surface area contributed by atoms with E-state index in [9.17, 15) is 18.0 Å². The van der Waals surface area contributed by atoms with E-state index >= 15 is 0 Å². The zero-order chi connectivity index (χ0) is 13.8. The van der Waals surface area contributed by atoms with Crippen LogP contribution in [0.4, 0.5) is 13.2 Å². The van der Waals surface area contributed by atoms with Gasteiger partial charge >= 0.3 is 0 Å². The predicted octanol–water partition coefficient (Wildman–Crippen LogP) is 4.00. The number of carbonyl (C=O) groups is 1. The van der Waals surface area contributed by atoms with Crippen LogP contribution in [0.25, 0.3) is 6.08 Å². The normalized spacial score (nSPS) is 10.9. The summed E-state index contributed by atoms with van der Waals surface area (Å²) in [6.07, 6.45) is 2.59. The molecule has 0 radical (unpaired) electrons. The molecule has 19 heavy (non-hydrogen) atoms. The second kappa shape index (κ2) is 5.52. The first-order valence-electron chi connectivity index (χ1n) is 5.49. The van der Waals surface area contributed by atoms with Gasteiger partial charge in [0, 0.05) is 5.56 Å². The lowest BCUT2D eigenvalue weighted by Crippen LogP contribution is -1.94. The summed E-state index contributed by atoms with van der Waals surface area (Å²) in [6.45, 7) is 0. The molecule has 0 unspecified atom stereocenters. The zero-order valence-electron chi connectivity index (χ0n) is 9.74. The van der Waals surface area contributed by atoms with Crippen LogP contribution < -0.4 is 0 Å². The number of hydrogen-bond donors (Lipinski definition) is 0. The van der Waals surface area contributed by atoms with Crippen LogP contribution in [0.3, 0.4) is 0 Å². The van der Waals surface area contributed by atoms with Crippen molar-refractivity contribution in [3.8, 4) is 0 Å². The van der Waals surface area contributed by atoms with Gasteiger partial charge in [0.15, 0.2) is 17.4 Å². The Balaban J connectivity index is 2.15. The molecule has 0 fully saturated rings. The van der Waals surface area contributed by atoms with Gasteiger partial charge in [-0.25, -0.2) is 13.2 Å². The highest BCUT2D eigenvalue weighted by Crippen LogP contribution is 2.11. The minimum absolute atomic E-state index is 0.320. The number of halogens is 3. The molecule has 0 saturated carbocycles. The summed E-state index contributed by atoms with van der Waals surface area (Å²) in [5.41, 5.74) is 0.689. The van der Waals surface area contributed by atoms with Gasteiger partial charge in [0.25, 0.3) is 0 Å². The molecule has 0 aliphatic carbocycles. The summed E-state index contributed by atoms with van der Waals surface area (Å²) >= 11 is 0. The van der Waals surface area contributed by atoms with Crippen LogP contribution in [0.15, 0.2) is 48.5 Å². The Bertz CT molecular complexity index is 630. The monoisotopic (exact) mass is 262 g/mol. The van der Waals surface area contributed by atoms with Gasteiger partial charge in [0.2, 0.25) is 0 Å². The Labute approximate surface area is 108 Å². The van der Waals surface area contributed by atoms with E-state index in [1.54, 1.807) is 0 Å². The number of benzene rings is 2. The van der Waals surface area contributed by atoms with E-state index in [2.05, 4.69) is 0 Å². The number of hydrogen-bond acceptors (Lipinski definition) is 1. The van der Waals surface area contributed by atoms with Gasteiger partial charge in [0.1, 0.15) is 5.82 Å². The molecule has 0 aliphatic heterocycles. The molecule has 0 amide bonds. The molecule has 4 heteroatoms. The minimum atomic E-state index is -0.976. The van der Waals surface area contributed by atoms with E-state index < -0.39 is 17.5 Å². The number of allylic oxidation sites excluding steroid dienone is 1. The van der Waals surface area contributed by atoms with Crippen LogP contribution in [-0.2, 0) is 0 Å². The van der Waals surface area contributed by atoms with Crippen LogP contribution >= 0.6 is 0 Å². The molecule has 0 heterocycles. The van der Waals surface area contributed by atoms with E-state index in [-0.39, 0.29) is 5.78 Å². The van der Waals surface area contributed by atoms with Gasteiger partial charge in [-0.05, 0) is 48.0 Å². The molecule has 0 aliphatic rings. The van der Waals surface area contributed by atoms with Crippen molar-refractivity contribution in [2.45, 2.75) is 0 Å². The summed E-state index contributed by atoms with van der Waals surface area (Å²) in [7, 11) is 0. The van der Waals surface area contributed by atoms with Crippen LogP contribution in [0, 0.1) is 17.5 Å². The first-order valence-corrected chi connectivity index (χ1v) is 5.49. The van der Waals surface area contributed by atoms with E-state index in [0.717, 1.165) is 12.1 Å². The van der Waals surface area contributed by atoms with Crippen LogP contribution in [0.1, 0.15) is 15.9 Å². The maximum absolute atomic E-state index is 12.9. The van der Waals surface area contributed by atoms with Crippen molar-refractivity contribution < 1.29 is 18.0 Å². The molecule has 1 nitrogen and oxygen atoms in total. The Morgan fingerprint density at radius 1 is 0.895 bits per heavy atom. The lowest BCUT2D eigenvalue weighted by atomic mass is 10.1. The first-order chi connectivity index (χ1) is 9.06. The summed E-state index contributed by atoms with van der Waals surface area (Å²) in [5, 5.41) is 0. The van der Waals surface area contributed by atoms with Crippen LogP contribution in [-0.4, -0.2) is 5.78 Å². The average Bonchev–Trinajstić information content (AvgIpc) is 2.40. The number of carbonyl (C=O) groups excluding carboxylic acids is 1. The first kappa shape index (κ1) is 13.1. The summed E-state index contributed by atoms with van der Waals surface area (Å²) in [6, 6.07) is 8.39. The molecule has 0 atom stereocenters. The molecule has 2 aromatic carbocycles. The third-order valence-electron chi connectivity index (χ3n) is 2.50. The molecule has 0 N–H and O–H groups in total. The third-order valence-corrected chi connectivity index (χ3v) is 2.50. The second-order valence-corrected chi connectivity index (χ2v) is 3.88. The average molecular weight is 262 g/mol. The van der Waals surface area contributed by atoms with Crippen molar-refractivity contribution in [3.63, 3.8) is 0 Å². The number of ketones is 1.